The smallest absolute Gasteiger partial charge is 0.132 e. The molecule has 0 saturated carbocycles. The van der Waals surface area contributed by atoms with Gasteiger partial charge in [0, 0.05) is 21.3 Å². The number of ether oxygens (including phenoxy) is 2. The maximum atomic E-state index is 6.01. The van der Waals surface area contributed by atoms with Crippen LogP contribution in [0.4, 0.5) is 0 Å². The summed E-state index contributed by atoms with van der Waals surface area (Å²) in [5, 5.41) is 3.76. The van der Waals surface area contributed by atoms with Crippen molar-refractivity contribution in [1.29, 1.82) is 0 Å². The van der Waals surface area contributed by atoms with Crippen molar-refractivity contribution in [2.75, 3.05) is 31.8 Å². The fraction of sp³-hybridized carbons (Fsp3) is 0.455. The van der Waals surface area contributed by atoms with E-state index in [1.807, 2.05) is 41.7 Å². The van der Waals surface area contributed by atoms with Crippen molar-refractivity contribution in [2.45, 2.75) is 35.6 Å². The first-order chi connectivity index (χ1) is 13.3. The van der Waals surface area contributed by atoms with Gasteiger partial charge in [-0.15, -0.1) is 23.5 Å². The molecule has 1 aliphatic heterocycles. The molecule has 0 saturated heterocycles. The second-order valence-corrected chi connectivity index (χ2v) is 8.91. The van der Waals surface area contributed by atoms with Crippen LogP contribution in [0.1, 0.15) is 19.8 Å². The van der Waals surface area contributed by atoms with Crippen molar-refractivity contribution < 1.29 is 9.47 Å². The summed E-state index contributed by atoms with van der Waals surface area (Å²) in [6.07, 6.45) is 2.44. The second-order valence-electron chi connectivity index (χ2n) is 6.79. The van der Waals surface area contributed by atoms with Crippen LogP contribution in [0.5, 0.6) is 11.5 Å². The quantitative estimate of drug-likeness (QED) is 0.571. The van der Waals surface area contributed by atoms with Crippen molar-refractivity contribution >= 4 is 23.5 Å². The fourth-order valence-electron chi connectivity index (χ4n) is 3.17. The van der Waals surface area contributed by atoms with Crippen molar-refractivity contribution in [3.8, 4) is 11.5 Å². The van der Waals surface area contributed by atoms with Crippen LogP contribution in [-0.4, -0.2) is 37.8 Å². The van der Waals surface area contributed by atoms with Crippen LogP contribution in [0.25, 0.3) is 0 Å². The molecule has 27 heavy (non-hydrogen) atoms. The first kappa shape index (κ1) is 20.4. The van der Waals surface area contributed by atoms with E-state index in [0.717, 1.165) is 36.2 Å². The zero-order valence-corrected chi connectivity index (χ0v) is 17.8. The first-order valence-electron chi connectivity index (χ1n) is 9.64. The van der Waals surface area contributed by atoms with E-state index in [9.17, 15) is 0 Å². The van der Waals surface area contributed by atoms with E-state index >= 15 is 0 Å². The maximum Gasteiger partial charge on any atom is 0.132 e. The minimum atomic E-state index is 0.387. The Labute approximate surface area is 171 Å². The molecule has 5 heteroatoms. The fourth-order valence-corrected chi connectivity index (χ4v) is 5.37. The molecule has 1 heterocycles. The third kappa shape index (κ3) is 6.09. The van der Waals surface area contributed by atoms with Gasteiger partial charge in [0.1, 0.15) is 18.1 Å². The van der Waals surface area contributed by atoms with E-state index in [1.54, 1.807) is 7.11 Å². The SMILES string of the molecule is CCC[C@H](CN[C@@H]1COc2ccccc2SC1)CSc1ccccc1OC. The molecule has 2 aromatic carbocycles. The van der Waals surface area contributed by atoms with Gasteiger partial charge in [-0.25, -0.2) is 0 Å². The molecular formula is C22H29NO2S2. The topological polar surface area (TPSA) is 30.5 Å². The summed E-state index contributed by atoms with van der Waals surface area (Å²) in [4.78, 5) is 2.48. The Bertz CT molecular complexity index is 683. The number of nitrogens with one attached hydrogen (secondary N) is 1. The van der Waals surface area contributed by atoms with Crippen molar-refractivity contribution in [3.05, 3.63) is 48.5 Å². The highest BCUT2D eigenvalue weighted by atomic mass is 32.2. The van der Waals surface area contributed by atoms with Crippen LogP contribution < -0.4 is 14.8 Å². The van der Waals surface area contributed by atoms with E-state index in [4.69, 9.17) is 9.47 Å². The largest absolute Gasteiger partial charge is 0.496 e. The molecule has 0 aromatic heterocycles. The molecule has 0 aliphatic carbocycles. The lowest BCUT2D eigenvalue weighted by atomic mass is 10.1. The van der Waals surface area contributed by atoms with Gasteiger partial charge in [0.25, 0.3) is 0 Å². The van der Waals surface area contributed by atoms with E-state index < -0.39 is 0 Å². The minimum absolute atomic E-state index is 0.387. The zero-order chi connectivity index (χ0) is 18.9. The number of rotatable bonds is 9. The van der Waals surface area contributed by atoms with Gasteiger partial charge in [-0.1, -0.05) is 37.6 Å². The van der Waals surface area contributed by atoms with Crippen molar-refractivity contribution in [1.82, 2.24) is 5.32 Å². The van der Waals surface area contributed by atoms with Gasteiger partial charge in [-0.3, -0.25) is 0 Å². The number of hydrogen-bond acceptors (Lipinski definition) is 5. The molecule has 0 spiro atoms. The summed E-state index contributed by atoms with van der Waals surface area (Å²) in [6.45, 7) is 4.03. The molecule has 2 atom stereocenters. The molecule has 0 radical (unpaired) electrons. The Morgan fingerprint density at radius 3 is 2.89 bits per heavy atom. The van der Waals surface area contributed by atoms with Gasteiger partial charge in [-0.2, -0.15) is 0 Å². The van der Waals surface area contributed by atoms with Gasteiger partial charge in [0.2, 0.25) is 0 Å². The van der Waals surface area contributed by atoms with Gasteiger partial charge in [-0.05, 0) is 43.1 Å². The number of para-hydroxylation sites is 2. The van der Waals surface area contributed by atoms with Gasteiger partial charge < -0.3 is 14.8 Å². The molecule has 0 amide bonds. The summed E-state index contributed by atoms with van der Waals surface area (Å²) in [7, 11) is 1.74. The van der Waals surface area contributed by atoms with Crippen molar-refractivity contribution in [2.24, 2.45) is 5.92 Å². The standard InChI is InChI=1S/C22H29NO2S2/c1-3-8-17(15-26-21-11-6-4-9-19(21)24-2)13-23-18-14-25-20-10-5-7-12-22(20)27-16-18/h4-7,9-12,17-18,23H,3,8,13-16H2,1-2H3/t17-,18-/m1/s1. The number of thioether (sulfide) groups is 2. The van der Waals surface area contributed by atoms with E-state index in [1.165, 1.54) is 22.6 Å². The third-order valence-corrected chi connectivity index (χ3v) is 7.17. The number of fused-ring (bicyclic) bond motifs is 1. The lowest BCUT2D eigenvalue weighted by Crippen LogP contribution is -2.39. The summed E-state index contributed by atoms with van der Waals surface area (Å²) in [5.74, 6) is 4.78. The van der Waals surface area contributed by atoms with Crippen LogP contribution in [0.2, 0.25) is 0 Å². The molecule has 1 aliphatic rings. The maximum absolute atomic E-state index is 6.01. The van der Waals surface area contributed by atoms with Gasteiger partial charge >= 0.3 is 0 Å². The minimum Gasteiger partial charge on any atom is -0.496 e. The number of hydrogen-bond donors (Lipinski definition) is 1. The highest BCUT2D eigenvalue weighted by molar-refractivity contribution is 7.99. The molecule has 1 N–H and O–H groups in total. The lowest BCUT2D eigenvalue weighted by molar-refractivity contribution is 0.268. The Morgan fingerprint density at radius 1 is 1.22 bits per heavy atom. The van der Waals surface area contributed by atoms with Crippen molar-refractivity contribution in [3.63, 3.8) is 0 Å². The predicted molar refractivity (Wildman–Crippen MR) is 117 cm³/mol. The summed E-state index contributed by atoms with van der Waals surface area (Å²) in [5.41, 5.74) is 0. The number of benzene rings is 2. The summed E-state index contributed by atoms with van der Waals surface area (Å²) >= 11 is 3.79. The zero-order valence-electron chi connectivity index (χ0n) is 16.1. The van der Waals surface area contributed by atoms with Crippen LogP contribution in [0.15, 0.2) is 58.3 Å². The average Bonchev–Trinajstić information content (AvgIpc) is 2.93. The predicted octanol–water partition coefficient (Wildman–Crippen LogP) is 5.35. The van der Waals surface area contributed by atoms with Crippen LogP contribution in [-0.2, 0) is 0 Å². The Hall–Kier alpha value is -1.30. The highest BCUT2D eigenvalue weighted by Crippen LogP contribution is 2.33. The monoisotopic (exact) mass is 403 g/mol. The third-order valence-electron chi connectivity index (χ3n) is 4.66. The summed E-state index contributed by atoms with van der Waals surface area (Å²) in [6, 6.07) is 17.0. The Kier molecular flexibility index (Phi) is 8.24. The normalized spacial score (nSPS) is 17.5. The number of methoxy groups -OCH3 is 1. The second kappa shape index (κ2) is 10.9. The van der Waals surface area contributed by atoms with E-state index in [0.29, 0.717) is 12.0 Å². The molecular weight excluding hydrogens is 374 g/mol. The molecule has 0 unspecified atom stereocenters. The van der Waals surface area contributed by atoms with Crippen LogP contribution >= 0.6 is 23.5 Å². The van der Waals surface area contributed by atoms with E-state index in [-0.39, 0.29) is 0 Å². The molecule has 3 rings (SSSR count). The molecule has 0 fully saturated rings. The van der Waals surface area contributed by atoms with E-state index in [2.05, 4.69) is 42.6 Å². The molecule has 0 bridgehead atoms. The first-order valence-corrected chi connectivity index (χ1v) is 11.6. The Balaban J connectivity index is 1.49. The lowest BCUT2D eigenvalue weighted by Gasteiger charge is -2.21. The molecule has 3 nitrogen and oxygen atoms in total. The van der Waals surface area contributed by atoms with Gasteiger partial charge in [0.05, 0.1) is 13.2 Å². The average molecular weight is 404 g/mol. The Morgan fingerprint density at radius 2 is 2.04 bits per heavy atom. The highest BCUT2D eigenvalue weighted by Gasteiger charge is 2.19. The molecule has 2 aromatic rings. The van der Waals surface area contributed by atoms with Crippen LogP contribution in [0, 0.1) is 5.92 Å². The van der Waals surface area contributed by atoms with Crippen LogP contribution in [0.3, 0.4) is 0 Å². The summed E-state index contributed by atoms with van der Waals surface area (Å²) < 4.78 is 11.5. The molecule has 146 valence electrons. The van der Waals surface area contributed by atoms with Gasteiger partial charge in [0.15, 0.2) is 0 Å².